The molecule has 0 aliphatic heterocycles. The van der Waals surface area contributed by atoms with Crippen LogP contribution >= 0.6 is 0 Å². The summed E-state index contributed by atoms with van der Waals surface area (Å²) in [4.78, 5) is 27.6. The van der Waals surface area contributed by atoms with Gasteiger partial charge in [0.1, 0.15) is 11.5 Å². The van der Waals surface area contributed by atoms with Crippen LogP contribution in [0.15, 0.2) is 54.9 Å². The zero-order chi connectivity index (χ0) is 19.2. The van der Waals surface area contributed by atoms with Crippen LogP contribution in [-0.2, 0) is 17.3 Å². The first kappa shape index (κ1) is 17.2. The number of carboxylic acids is 1. The number of hydrogen-bond donors (Lipinski definition) is 1. The van der Waals surface area contributed by atoms with E-state index in [0.717, 1.165) is 35.1 Å². The number of rotatable bonds is 5. The largest absolute Gasteiger partial charge is 0.477 e. The topological polar surface area (TPSA) is 72.2 Å². The number of aryl methyl sites for hydroxylation is 1. The summed E-state index contributed by atoms with van der Waals surface area (Å²) in [7, 11) is 1.67. The van der Waals surface area contributed by atoms with Crippen LogP contribution in [0.3, 0.4) is 0 Å². The molecule has 136 valence electrons. The predicted molar refractivity (Wildman–Crippen MR) is 103 cm³/mol. The number of carbonyl (C=O) groups excluding carboxylic acids is 1. The number of hydrogen-bond acceptors (Lipinski definition) is 3. The van der Waals surface area contributed by atoms with E-state index in [1.54, 1.807) is 14.0 Å². The Bertz CT molecular complexity index is 1030. The highest BCUT2D eigenvalue weighted by molar-refractivity contribution is 5.93. The number of aromatic carboxylic acids is 1. The Labute approximate surface area is 157 Å². The first-order valence-electron chi connectivity index (χ1n) is 8.89. The highest BCUT2D eigenvalue weighted by Gasteiger charge is 2.48. The number of nitrogens with zero attached hydrogens (tertiary/aromatic N) is 2. The number of ketones is 1. The van der Waals surface area contributed by atoms with Crippen molar-refractivity contribution >= 4 is 11.8 Å². The van der Waals surface area contributed by atoms with Gasteiger partial charge in [0.2, 0.25) is 0 Å². The molecule has 3 aromatic rings. The molecule has 1 saturated carbocycles. The first-order valence-corrected chi connectivity index (χ1v) is 8.89. The quantitative estimate of drug-likeness (QED) is 0.744. The lowest BCUT2D eigenvalue weighted by atomic mass is 9.90. The fraction of sp³-hybridized carbons (Fsp3) is 0.227. The van der Waals surface area contributed by atoms with E-state index in [-0.39, 0.29) is 16.9 Å². The van der Waals surface area contributed by atoms with E-state index in [1.807, 2.05) is 48.5 Å². The Hall–Kier alpha value is -3.21. The molecule has 2 aromatic carbocycles. The third-order valence-electron chi connectivity index (χ3n) is 5.49. The zero-order valence-corrected chi connectivity index (χ0v) is 15.3. The lowest BCUT2D eigenvalue weighted by Gasteiger charge is -2.12. The van der Waals surface area contributed by atoms with Gasteiger partial charge in [-0.2, -0.15) is 0 Å². The molecular weight excluding hydrogens is 340 g/mol. The summed E-state index contributed by atoms with van der Waals surface area (Å²) in [6, 6.07) is 15.8. The van der Waals surface area contributed by atoms with Gasteiger partial charge in [-0.3, -0.25) is 4.79 Å². The van der Waals surface area contributed by atoms with E-state index in [1.165, 1.54) is 10.9 Å². The molecule has 0 amide bonds. The Morgan fingerprint density at radius 1 is 0.963 bits per heavy atom. The van der Waals surface area contributed by atoms with E-state index in [4.69, 9.17) is 0 Å². The van der Waals surface area contributed by atoms with Gasteiger partial charge in [0, 0.05) is 12.6 Å². The summed E-state index contributed by atoms with van der Waals surface area (Å²) < 4.78 is 1.51. The van der Waals surface area contributed by atoms with Crippen LogP contribution < -0.4 is 0 Å². The molecule has 0 radical (unpaired) electrons. The maximum absolute atomic E-state index is 11.9. The van der Waals surface area contributed by atoms with E-state index in [2.05, 4.69) is 4.98 Å². The maximum atomic E-state index is 11.9. The summed E-state index contributed by atoms with van der Waals surface area (Å²) in [5.74, 6) is -0.756. The predicted octanol–water partition coefficient (Wildman–Crippen LogP) is 4.07. The Kier molecular flexibility index (Phi) is 3.95. The van der Waals surface area contributed by atoms with Crippen LogP contribution in [0.2, 0.25) is 0 Å². The molecule has 0 spiro atoms. The molecule has 1 N–H and O–H groups in total. The van der Waals surface area contributed by atoms with Crippen LogP contribution in [0.4, 0.5) is 0 Å². The fourth-order valence-corrected chi connectivity index (χ4v) is 3.66. The minimum absolute atomic E-state index is 0.172. The van der Waals surface area contributed by atoms with E-state index < -0.39 is 5.97 Å². The van der Waals surface area contributed by atoms with Gasteiger partial charge in [-0.05, 0) is 36.5 Å². The van der Waals surface area contributed by atoms with Gasteiger partial charge in [-0.1, -0.05) is 48.5 Å². The fourth-order valence-electron chi connectivity index (χ4n) is 3.66. The van der Waals surface area contributed by atoms with Gasteiger partial charge < -0.3 is 9.67 Å². The highest BCUT2D eigenvalue weighted by Crippen LogP contribution is 2.49. The van der Waals surface area contributed by atoms with Crippen LogP contribution in [0.5, 0.6) is 0 Å². The lowest BCUT2D eigenvalue weighted by molar-refractivity contribution is -0.119. The second-order valence-electron chi connectivity index (χ2n) is 7.15. The first-order chi connectivity index (χ1) is 12.9. The molecule has 0 saturated heterocycles. The van der Waals surface area contributed by atoms with Crippen molar-refractivity contribution in [2.45, 2.75) is 25.2 Å². The molecule has 1 heterocycles. The van der Waals surface area contributed by atoms with Crippen molar-refractivity contribution in [3.05, 3.63) is 66.1 Å². The Morgan fingerprint density at radius 3 is 1.96 bits per heavy atom. The molecule has 1 aliphatic rings. The third-order valence-corrected chi connectivity index (χ3v) is 5.49. The Morgan fingerprint density at radius 2 is 1.48 bits per heavy atom. The van der Waals surface area contributed by atoms with Crippen molar-refractivity contribution in [1.29, 1.82) is 0 Å². The molecule has 4 rings (SSSR count). The van der Waals surface area contributed by atoms with Gasteiger partial charge >= 0.3 is 5.97 Å². The number of aromatic nitrogens is 2. The second-order valence-corrected chi connectivity index (χ2v) is 7.15. The highest BCUT2D eigenvalue weighted by atomic mass is 16.4. The van der Waals surface area contributed by atoms with Gasteiger partial charge in [0.05, 0.1) is 11.7 Å². The van der Waals surface area contributed by atoms with Crippen molar-refractivity contribution in [2.24, 2.45) is 7.05 Å². The lowest BCUT2D eigenvalue weighted by Crippen LogP contribution is -2.16. The summed E-state index contributed by atoms with van der Waals surface area (Å²) in [5.41, 5.74) is 4.33. The van der Waals surface area contributed by atoms with Crippen molar-refractivity contribution in [3.63, 3.8) is 0 Å². The molecule has 5 heteroatoms. The monoisotopic (exact) mass is 360 g/mol. The molecule has 27 heavy (non-hydrogen) atoms. The SMILES string of the molecule is CC(=O)C1(c2ccc(-c3ccc(-c4ncn(C)c4C(=O)O)cc3)cc2)CC1. The number of carboxylic acid groups (broad SMARTS) is 1. The van der Waals surface area contributed by atoms with E-state index >= 15 is 0 Å². The zero-order valence-electron chi connectivity index (χ0n) is 15.3. The van der Waals surface area contributed by atoms with Gasteiger partial charge in [-0.25, -0.2) is 9.78 Å². The molecule has 5 nitrogen and oxygen atoms in total. The molecule has 1 aromatic heterocycles. The maximum Gasteiger partial charge on any atom is 0.354 e. The van der Waals surface area contributed by atoms with Crippen LogP contribution in [-0.4, -0.2) is 26.4 Å². The number of carbonyl (C=O) groups is 2. The summed E-state index contributed by atoms with van der Waals surface area (Å²) in [5, 5.41) is 9.38. The van der Waals surface area contributed by atoms with Crippen molar-refractivity contribution in [3.8, 4) is 22.4 Å². The summed E-state index contributed by atoms with van der Waals surface area (Å²) in [6.07, 6.45) is 3.38. The van der Waals surface area contributed by atoms with E-state index in [9.17, 15) is 14.7 Å². The van der Waals surface area contributed by atoms with Crippen molar-refractivity contribution in [1.82, 2.24) is 9.55 Å². The minimum Gasteiger partial charge on any atom is -0.477 e. The van der Waals surface area contributed by atoms with Gasteiger partial charge in [-0.15, -0.1) is 0 Å². The third kappa shape index (κ3) is 2.85. The number of benzene rings is 2. The van der Waals surface area contributed by atoms with Crippen molar-refractivity contribution in [2.75, 3.05) is 0 Å². The molecule has 0 atom stereocenters. The molecule has 1 aliphatic carbocycles. The summed E-state index contributed by atoms with van der Waals surface area (Å²) >= 11 is 0. The molecule has 0 bridgehead atoms. The van der Waals surface area contributed by atoms with Crippen LogP contribution in [0.1, 0.15) is 35.8 Å². The average Bonchev–Trinajstić information content (AvgIpc) is 3.39. The molecular formula is C22H20N2O3. The average molecular weight is 360 g/mol. The van der Waals surface area contributed by atoms with Crippen LogP contribution in [0, 0.1) is 0 Å². The van der Waals surface area contributed by atoms with E-state index in [0.29, 0.717) is 5.69 Å². The molecule has 1 fully saturated rings. The van der Waals surface area contributed by atoms with Gasteiger partial charge in [0.15, 0.2) is 5.69 Å². The summed E-state index contributed by atoms with van der Waals surface area (Å²) in [6.45, 7) is 1.67. The molecule has 0 unspecified atom stereocenters. The standard InChI is InChI=1S/C22H20N2O3/c1-14(25)22(11-12-22)18-9-7-16(8-10-18)15-3-5-17(6-4-15)19-20(21(26)27)24(2)13-23-19/h3-10,13H,11-12H2,1-2H3,(H,26,27). The normalized spacial score (nSPS) is 14.7. The minimum atomic E-state index is -0.996. The van der Waals surface area contributed by atoms with Crippen molar-refractivity contribution < 1.29 is 14.7 Å². The Balaban J connectivity index is 1.62. The van der Waals surface area contributed by atoms with Crippen LogP contribution in [0.25, 0.3) is 22.4 Å². The second kappa shape index (κ2) is 6.20. The smallest absolute Gasteiger partial charge is 0.354 e. The number of Topliss-reactive ketones (excluding diaryl/α,β-unsaturated/α-hetero) is 1. The number of imidazole rings is 1. The van der Waals surface area contributed by atoms with Gasteiger partial charge in [0.25, 0.3) is 0 Å².